The van der Waals surface area contributed by atoms with Gasteiger partial charge in [0, 0.05) is 17.9 Å². The van der Waals surface area contributed by atoms with Gasteiger partial charge in [-0.1, -0.05) is 25.6 Å². The number of nitrogens with zero attached hydrogens (tertiary/aromatic N) is 3. The van der Waals surface area contributed by atoms with Crippen molar-refractivity contribution in [2.75, 3.05) is 32.2 Å². The van der Waals surface area contributed by atoms with E-state index >= 15 is 0 Å². The first-order chi connectivity index (χ1) is 10.8. The molecule has 7 heteroatoms. The fraction of sp³-hybridized carbons (Fsp3) is 0.467. The molecule has 118 valence electrons. The van der Waals surface area contributed by atoms with E-state index in [0.717, 1.165) is 36.7 Å². The standard InChI is InChI=1S/C15H19N3O3S/c1-3-18(4-2)7-8-22-15-17-16-14(21-15)11-5-6-12-13(9-11)20-10-19-12/h5-6,9H,3-4,7-8,10H2,1-2H3. The second kappa shape index (κ2) is 7.02. The first-order valence-electron chi connectivity index (χ1n) is 7.38. The fourth-order valence-corrected chi connectivity index (χ4v) is 2.98. The van der Waals surface area contributed by atoms with Crippen LogP contribution in [0.2, 0.25) is 0 Å². The van der Waals surface area contributed by atoms with Crippen molar-refractivity contribution in [3.63, 3.8) is 0 Å². The van der Waals surface area contributed by atoms with Crippen LogP contribution in [-0.2, 0) is 0 Å². The number of fused-ring (bicyclic) bond motifs is 1. The van der Waals surface area contributed by atoms with E-state index in [4.69, 9.17) is 13.9 Å². The summed E-state index contributed by atoms with van der Waals surface area (Å²) in [5, 5.41) is 8.79. The van der Waals surface area contributed by atoms with Gasteiger partial charge in [-0.3, -0.25) is 0 Å². The summed E-state index contributed by atoms with van der Waals surface area (Å²) in [7, 11) is 0. The van der Waals surface area contributed by atoms with Crippen LogP contribution in [0, 0.1) is 0 Å². The number of hydrogen-bond donors (Lipinski definition) is 0. The van der Waals surface area contributed by atoms with E-state index in [2.05, 4.69) is 28.9 Å². The van der Waals surface area contributed by atoms with Crippen molar-refractivity contribution in [3.8, 4) is 23.0 Å². The summed E-state index contributed by atoms with van der Waals surface area (Å²) >= 11 is 1.58. The van der Waals surface area contributed by atoms with Crippen LogP contribution in [0.4, 0.5) is 0 Å². The number of ether oxygens (including phenoxy) is 2. The Morgan fingerprint density at radius 2 is 1.95 bits per heavy atom. The summed E-state index contributed by atoms with van der Waals surface area (Å²) in [6.07, 6.45) is 0. The molecule has 22 heavy (non-hydrogen) atoms. The van der Waals surface area contributed by atoms with Gasteiger partial charge >= 0.3 is 0 Å². The first-order valence-corrected chi connectivity index (χ1v) is 8.37. The maximum Gasteiger partial charge on any atom is 0.276 e. The molecule has 0 saturated carbocycles. The third-order valence-electron chi connectivity index (χ3n) is 3.55. The highest BCUT2D eigenvalue weighted by atomic mass is 32.2. The van der Waals surface area contributed by atoms with E-state index in [1.165, 1.54) is 0 Å². The van der Waals surface area contributed by atoms with Crippen LogP contribution < -0.4 is 9.47 Å². The number of aromatic nitrogens is 2. The first kappa shape index (κ1) is 15.2. The largest absolute Gasteiger partial charge is 0.454 e. The number of rotatable bonds is 7. The second-order valence-electron chi connectivity index (χ2n) is 4.82. The van der Waals surface area contributed by atoms with Crippen molar-refractivity contribution >= 4 is 11.8 Å². The summed E-state index contributed by atoms with van der Waals surface area (Å²) in [6, 6.07) is 5.61. The van der Waals surface area contributed by atoms with Gasteiger partial charge in [0.1, 0.15) is 0 Å². The van der Waals surface area contributed by atoms with E-state index in [1.54, 1.807) is 11.8 Å². The Kier molecular flexibility index (Phi) is 4.84. The summed E-state index contributed by atoms with van der Waals surface area (Å²) in [4.78, 5) is 2.36. The molecule has 1 aromatic heterocycles. The number of benzene rings is 1. The van der Waals surface area contributed by atoms with Gasteiger partial charge in [0.25, 0.3) is 5.22 Å². The van der Waals surface area contributed by atoms with Crippen molar-refractivity contribution in [3.05, 3.63) is 18.2 Å². The van der Waals surface area contributed by atoms with Crippen molar-refractivity contribution in [2.45, 2.75) is 19.1 Å². The lowest BCUT2D eigenvalue weighted by Gasteiger charge is -2.16. The van der Waals surface area contributed by atoms with E-state index in [1.807, 2.05) is 18.2 Å². The van der Waals surface area contributed by atoms with Crippen LogP contribution in [0.1, 0.15) is 13.8 Å². The molecule has 0 radical (unpaired) electrons. The molecule has 0 N–H and O–H groups in total. The Labute approximate surface area is 133 Å². The minimum Gasteiger partial charge on any atom is -0.454 e. The fourth-order valence-electron chi connectivity index (χ4n) is 2.22. The molecule has 0 bridgehead atoms. The normalized spacial score (nSPS) is 13.0. The Morgan fingerprint density at radius 1 is 1.14 bits per heavy atom. The lowest BCUT2D eigenvalue weighted by atomic mass is 10.2. The molecule has 2 heterocycles. The summed E-state index contributed by atoms with van der Waals surface area (Å²) < 4.78 is 16.4. The van der Waals surface area contributed by atoms with Gasteiger partial charge in [-0.15, -0.1) is 10.2 Å². The predicted molar refractivity (Wildman–Crippen MR) is 84.4 cm³/mol. The third-order valence-corrected chi connectivity index (χ3v) is 4.35. The van der Waals surface area contributed by atoms with E-state index in [9.17, 15) is 0 Å². The Balaban J connectivity index is 1.61. The smallest absolute Gasteiger partial charge is 0.276 e. The predicted octanol–water partition coefficient (Wildman–Crippen LogP) is 2.90. The SMILES string of the molecule is CCN(CC)CCSc1nnc(-c2ccc3c(c2)OCO3)o1. The highest BCUT2D eigenvalue weighted by Gasteiger charge is 2.16. The van der Waals surface area contributed by atoms with Crippen LogP contribution in [0.15, 0.2) is 27.8 Å². The molecule has 1 aliphatic rings. The van der Waals surface area contributed by atoms with E-state index in [-0.39, 0.29) is 6.79 Å². The lowest BCUT2D eigenvalue weighted by molar-refractivity contribution is 0.174. The molecule has 3 rings (SSSR count). The molecular formula is C15H19N3O3S. The molecule has 0 spiro atoms. The minimum atomic E-state index is 0.259. The van der Waals surface area contributed by atoms with Gasteiger partial charge in [-0.25, -0.2) is 0 Å². The highest BCUT2D eigenvalue weighted by molar-refractivity contribution is 7.99. The molecule has 0 unspecified atom stereocenters. The van der Waals surface area contributed by atoms with E-state index < -0.39 is 0 Å². The van der Waals surface area contributed by atoms with Crippen molar-refractivity contribution in [1.82, 2.24) is 15.1 Å². The molecular weight excluding hydrogens is 302 g/mol. The number of hydrogen-bond acceptors (Lipinski definition) is 7. The highest BCUT2D eigenvalue weighted by Crippen LogP contribution is 2.35. The van der Waals surface area contributed by atoms with Crippen LogP contribution >= 0.6 is 11.8 Å². The second-order valence-corrected chi connectivity index (χ2v) is 5.86. The molecule has 0 amide bonds. The zero-order valence-electron chi connectivity index (χ0n) is 12.7. The van der Waals surface area contributed by atoms with Gasteiger partial charge in [0.2, 0.25) is 12.7 Å². The van der Waals surface area contributed by atoms with Gasteiger partial charge in [0.15, 0.2) is 11.5 Å². The van der Waals surface area contributed by atoms with Gasteiger partial charge in [0.05, 0.1) is 0 Å². The van der Waals surface area contributed by atoms with Crippen LogP contribution in [0.5, 0.6) is 11.5 Å². The monoisotopic (exact) mass is 321 g/mol. The average molecular weight is 321 g/mol. The topological polar surface area (TPSA) is 60.6 Å². The minimum absolute atomic E-state index is 0.259. The van der Waals surface area contributed by atoms with Gasteiger partial charge in [-0.2, -0.15) is 0 Å². The van der Waals surface area contributed by atoms with E-state index in [0.29, 0.717) is 16.9 Å². The quantitative estimate of drug-likeness (QED) is 0.727. The molecule has 0 aliphatic carbocycles. The van der Waals surface area contributed by atoms with Crippen molar-refractivity contribution < 1.29 is 13.9 Å². The molecule has 0 saturated heterocycles. The summed E-state index contributed by atoms with van der Waals surface area (Å²) in [5.74, 6) is 2.90. The maximum absolute atomic E-state index is 5.70. The third kappa shape index (κ3) is 3.36. The van der Waals surface area contributed by atoms with Gasteiger partial charge < -0.3 is 18.8 Å². The summed E-state index contributed by atoms with van der Waals surface area (Å²) in [5.41, 5.74) is 0.840. The summed E-state index contributed by atoms with van der Waals surface area (Å²) in [6.45, 7) is 7.72. The maximum atomic E-state index is 5.70. The van der Waals surface area contributed by atoms with Crippen LogP contribution in [0.3, 0.4) is 0 Å². The molecule has 0 atom stereocenters. The zero-order chi connectivity index (χ0) is 15.4. The number of thioether (sulfide) groups is 1. The average Bonchev–Trinajstić information content (AvgIpc) is 3.19. The molecule has 1 aliphatic heterocycles. The molecule has 1 aromatic carbocycles. The zero-order valence-corrected chi connectivity index (χ0v) is 13.6. The molecule has 2 aromatic rings. The van der Waals surface area contributed by atoms with Crippen LogP contribution in [0.25, 0.3) is 11.5 Å². The molecule has 0 fully saturated rings. The Hall–Kier alpha value is -1.73. The van der Waals surface area contributed by atoms with Crippen molar-refractivity contribution in [2.24, 2.45) is 0 Å². The Bertz CT molecular complexity index is 628. The van der Waals surface area contributed by atoms with Gasteiger partial charge in [-0.05, 0) is 31.3 Å². The molecule has 6 nitrogen and oxygen atoms in total. The lowest BCUT2D eigenvalue weighted by Crippen LogP contribution is -2.25. The Morgan fingerprint density at radius 3 is 2.77 bits per heavy atom. The van der Waals surface area contributed by atoms with Crippen LogP contribution in [-0.4, -0.2) is 47.3 Å². The van der Waals surface area contributed by atoms with Crippen molar-refractivity contribution in [1.29, 1.82) is 0 Å².